The van der Waals surface area contributed by atoms with E-state index in [2.05, 4.69) is 11.8 Å². The number of hydrogen-bond donors (Lipinski definition) is 1. The van der Waals surface area contributed by atoms with Crippen LogP contribution in [0.4, 0.5) is 11.4 Å². The van der Waals surface area contributed by atoms with Crippen LogP contribution >= 0.6 is 0 Å². The fraction of sp³-hybridized carbons (Fsp3) is 0.381. The molecule has 7 heteroatoms. The predicted octanol–water partition coefficient (Wildman–Crippen LogP) is 1.52. The molecule has 0 aromatic heterocycles. The van der Waals surface area contributed by atoms with E-state index in [1.165, 1.54) is 17.0 Å². The maximum atomic E-state index is 12.7. The van der Waals surface area contributed by atoms with E-state index in [1.807, 2.05) is 42.3 Å². The van der Waals surface area contributed by atoms with Gasteiger partial charge in [0, 0.05) is 24.9 Å². The smallest absolute Gasteiger partial charge is 0.278 e. The second kappa shape index (κ2) is 8.84. The van der Waals surface area contributed by atoms with Gasteiger partial charge in [0.05, 0.1) is 37.1 Å². The molecule has 1 amide bonds. The van der Waals surface area contributed by atoms with E-state index in [-0.39, 0.29) is 22.6 Å². The van der Waals surface area contributed by atoms with Crippen molar-refractivity contribution in [3.63, 3.8) is 0 Å². The molecule has 1 fully saturated rings. The summed E-state index contributed by atoms with van der Waals surface area (Å²) < 4.78 is 0. The number of nitrogens with one attached hydrogen (secondary N) is 1. The first-order valence-electron chi connectivity index (χ1n) is 9.59. The first kappa shape index (κ1) is 19.8. The minimum Gasteiger partial charge on any atom is -0.360 e. The molecule has 1 N–H and O–H groups in total. The van der Waals surface area contributed by atoms with Crippen molar-refractivity contribution in [1.82, 2.24) is 4.90 Å². The van der Waals surface area contributed by atoms with Crippen LogP contribution in [0.25, 0.3) is 0 Å². The number of piperazine rings is 1. The molecule has 7 nitrogen and oxygen atoms in total. The molecular formula is C21H27N4O3+. The number of nitro groups is 1. The van der Waals surface area contributed by atoms with Crippen LogP contribution in [-0.2, 0) is 4.79 Å². The van der Waals surface area contributed by atoms with Gasteiger partial charge < -0.3 is 14.7 Å². The lowest BCUT2D eigenvalue weighted by Gasteiger charge is -2.34. The number of nitrogens with zero attached hydrogens (tertiary/aromatic N) is 3. The summed E-state index contributed by atoms with van der Waals surface area (Å²) in [6.45, 7) is 5.94. The third kappa shape index (κ3) is 4.67. The second-order valence-electron chi connectivity index (χ2n) is 7.28. The lowest BCUT2D eigenvalue weighted by molar-refractivity contribution is -0.892. The van der Waals surface area contributed by atoms with Crippen molar-refractivity contribution in [2.75, 3.05) is 44.7 Å². The van der Waals surface area contributed by atoms with E-state index in [0.29, 0.717) is 6.54 Å². The summed E-state index contributed by atoms with van der Waals surface area (Å²) in [5.41, 5.74) is 2.23. The first-order valence-corrected chi connectivity index (χ1v) is 9.59. The average Bonchev–Trinajstić information content (AvgIpc) is 2.74. The molecule has 3 rings (SSSR count). The molecule has 1 saturated heterocycles. The standard InChI is InChI=1S/C21H26N4O3/c1-17(18-6-4-3-5-7-18)22(2)21(26)16-23-12-14-24(15-13-23)19-8-10-20(11-9-19)25(27)28/h3-11,17H,12-16H2,1-2H3/p+1/t17-/m1/s1. The third-order valence-electron chi connectivity index (χ3n) is 5.55. The zero-order valence-electron chi connectivity index (χ0n) is 16.4. The minimum absolute atomic E-state index is 0.0505. The molecule has 0 unspecified atom stereocenters. The van der Waals surface area contributed by atoms with Crippen LogP contribution in [0, 0.1) is 10.1 Å². The Morgan fingerprint density at radius 1 is 1.14 bits per heavy atom. The van der Waals surface area contributed by atoms with Gasteiger partial charge in [-0.15, -0.1) is 0 Å². The fourth-order valence-corrected chi connectivity index (χ4v) is 3.55. The number of hydrogen-bond acceptors (Lipinski definition) is 4. The number of quaternary nitrogens is 1. The van der Waals surface area contributed by atoms with Gasteiger partial charge in [-0.25, -0.2) is 0 Å². The van der Waals surface area contributed by atoms with E-state index >= 15 is 0 Å². The molecule has 2 aromatic rings. The minimum atomic E-state index is -0.385. The lowest BCUT2D eigenvalue weighted by atomic mass is 10.1. The summed E-state index contributed by atoms with van der Waals surface area (Å²) in [6, 6.07) is 16.8. The van der Waals surface area contributed by atoms with Gasteiger partial charge in [-0.1, -0.05) is 30.3 Å². The van der Waals surface area contributed by atoms with Crippen molar-refractivity contribution in [2.45, 2.75) is 13.0 Å². The molecule has 0 saturated carbocycles. The third-order valence-corrected chi connectivity index (χ3v) is 5.55. The molecule has 1 aliphatic rings. The van der Waals surface area contributed by atoms with Gasteiger partial charge in [-0.2, -0.15) is 0 Å². The molecule has 28 heavy (non-hydrogen) atoms. The maximum absolute atomic E-state index is 12.7. The Hall–Kier alpha value is -2.93. The quantitative estimate of drug-likeness (QED) is 0.607. The second-order valence-corrected chi connectivity index (χ2v) is 7.28. The Labute approximate surface area is 165 Å². The van der Waals surface area contributed by atoms with Gasteiger partial charge in [0.2, 0.25) is 0 Å². The van der Waals surface area contributed by atoms with Gasteiger partial charge in [-0.05, 0) is 24.6 Å². The van der Waals surface area contributed by atoms with Crippen molar-refractivity contribution in [3.8, 4) is 0 Å². The van der Waals surface area contributed by atoms with E-state index in [9.17, 15) is 14.9 Å². The Kier molecular flexibility index (Phi) is 6.26. The molecule has 2 aromatic carbocycles. The average molecular weight is 383 g/mol. The number of carbonyl (C=O) groups is 1. The summed E-state index contributed by atoms with van der Waals surface area (Å²) in [4.78, 5) is 28.4. The number of anilines is 1. The summed E-state index contributed by atoms with van der Waals surface area (Å²) in [5, 5.41) is 10.8. The largest absolute Gasteiger partial charge is 0.360 e. The van der Waals surface area contributed by atoms with E-state index in [1.54, 1.807) is 12.1 Å². The zero-order valence-corrected chi connectivity index (χ0v) is 16.4. The SMILES string of the molecule is C[C@H](c1ccccc1)N(C)C(=O)C[NH+]1CCN(c2ccc([N+](=O)[O-])cc2)CC1. The highest BCUT2D eigenvalue weighted by Gasteiger charge is 2.26. The highest BCUT2D eigenvalue weighted by Crippen LogP contribution is 2.19. The maximum Gasteiger partial charge on any atom is 0.278 e. The predicted molar refractivity (Wildman–Crippen MR) is 109 cm³/mol. The molecular weight excluding hydrogens is 356 g/mol. The van der Waals surface area contributed by atoms with Crippen LogP contribution in [-0.4, -0.2) is 55.5 Å². The Balaban J connectivity index is 1.51. The summed E-state index contributed by atoms with van der Waals surface area (Å²) in [6.07, 6.45) is 0. The number of amides is 1. The Morgan fingerprint density at radius 2 is 1.75 bits per heavy atom. The lowest BCUT2D eigenvalue weighted by Crippen LogP contribution is -3.15. The Morgan fingerprint density at radius 3 is 2.32 bits per heavy atom. The van der Waals surface area contributed by atoms with Crippen LogP contribution in [0.3, 0.4) is 0 Å². The molecule has 148 valence electrons. The molecule has 0 radical (unpaired) electrons. The molecule has 1 heterocycles. The van der Waals surface area contributed by atoms with Crippen molar-refractivity contribution >= 4 is 17.3 Å². The molecule has 0 aliphatic carbocycles. The summed E-state index contributed by atoms with van der Waals surface area (Å²) in [5.74, 6) is 0.148. The zero-order chi connectivity index (χ0) is 20.1. The number of benzene rings is 2. The van der Waals surface area contributed by atoms with Crippen molar-refractivity contribution in [2.24, 2.45) is 0 Å². The van der Waals surface area contributed by atoms with Crippen LogP contribution < -0.4 is 9.80 Å². The van der Waals surface area contributed by atoms with Crippen molar-refractivity contribution in [3.05, 3.63) is 70.3 Å². The van der Waals surface area contributed by atoms with Gasteiger partial charge in [0.25, 0.3) is 11.6 Å². The van der Waals surface area contributed by atoms with Crippen LogP contribution in [0.2, 0.25) is 0 Å². The van der Waals surface area contributed by atoms with Gasteiger partial charge in [0.1, 0.15) is 0 Å². The monoisotopic (exact) mass is 383 g/mol. The first-order chi connectivity index (χ1) is 13.5. The highest BCUT2D eigenvalue weighted by molar-refractivity contribution is 5.77. The number of carbonyl (C=O) groups excluding carboxylic acids is 1. The molecule has 0 bridgehead atoms. The molecule has 1 aliphatic heterocycles. The highest BCUT2D eigenvalue weighted by atomic mass is 16.6. The van der Waals surface area contributed by atoms with Crippen LogP contribution in [0.15, 0.2) is 54.6 Å². The number of likely N-dealkylation sites (N-methyl/N-ethyl adjacent to an activating group) is 1. The van der Waals surface area contributed by atoms with E-state index < -0.39 is 0 Å². The van der Waals surface area contributed by atoms with Crippen molar-refractivity contribution in [1.29, 1.82) is 0 Å². The van der Waals surface area contributed by atoms with Crippen molar-refractivity contribution < 1.29 is 14.6 Å². The van der Waals surface area contributed by atoms with Crippen LogP contribution in [0.1, 0.15) is 18.5 Å². The molecule has 1 atom stereocenters. The Bertz CT molecular complexity index is 802. The van der Waals surface area contributed by atoms with Gasteiger partial charge in [0.15, 0.2) is 6.54 Å². The number of non-ortho nitro benzene ring substituents is 1. The normalized spacial score (nSPS) is 15.9. The summed E-state index contributed by atoms with van der Waals surface area (Å²) in [7, 11) is 1.87. The summed E-state index contributed by atoms with van der Waals surface area (Å²) >= 11 is 0. The topological polar surface area (TPSA) is 71.1 Å². The molecule has 0 spiro atoms. The van der Waals surface area contributed by atoms with E-state index in [0.717, 1.165) is 37.4 Å². The van der Waals surface area contributed by atoms with E-state index in [4.69, 9.17) is 0 Å². The number of rotatable bonds is 6. The van der Waals surface area contributed by atoms with Gasteiger partial charge >= 0.3 is 0 Å². The van der Waals surface area contributed by atoms with Crippen LogP contribution in [0.5, 0.6) is 0 Å². The number of nitro benzene ring substituents is 1. The fourth-order valence-electron chi connectivity index (χ4n) is 3.55. The van der Waals surface area contributed by atoms with Gasteiger partial charge in [-0.3, -0.25) is 14.9 Å².